The van der Waals surface area contributed by atoms with Crippen LogP contribution in [-0.4, -0.2) is 35.4 Å². The Kier molecular flexibility index (Phi) is 3.43. The SMILES string of the molecule is CCOC(=O)c1cc(Br)nn1C1(C(=O)OC)CC1. The molecular formula is C11H13BrN2O4. The van der Waals surface area contributed by atoms with Crippen molar-refractivity contribution in [2.75, 3.05) is 13.7 Å². The number of ether oxygens (including phenoxy) is 2. The van der Waals surface area contributed by atoms with E-state index in [1.54, 1.807) is 13.0 Å². The topological polar surface area (TPSA) is 70.4 Å². The average Bonchev–Trinajstić information content (AvgIpc) is 3.06. The predicted octanol–water partition coefficient (Wildman–Crippen LogP) is 1.48. The van der Waals surface area contributed by atoms with E-state index in [0.717, 1.165) is 0 Å². The smallest absolute Gasteiger partial charge is 0.356 e. The second kappa shape index (κ2) is 4.72. The molecule has 0 unspecified atom stereocenters. The molecule has 1 heterocycles. The van der Waals surface area contributed by atoms with E-state index in [9.17, 15) is 9.59 Å². The minimum atomic E-state index is -0.844. The highest BCUT2D eigenvalue weighted by atomic mass is 79.9. The molecule has 0 amide bonds. The van der Waals surface area contributed by atoms with Crippen LogP contribution in [0, 0.1) is 0 Å². The van der Waals surface area contributed by atoms with Crippen LogP contribution in [0.1, 0.15) is 30.3 Å². The molecule has 0 atom stereocenters. The maximum atomic E-state index is 11.8. The molecule has 1 aromatic rings. The molecule has 0 bridgehead atoms. The summed E-state index contributed by atoms with van der Waals surface area (Å²) in [6, 6.07) is 1.54. The van der Waals surface area contributed by atoms with Gasteiger partial charge in [-0.25, -0.2) is 14.3 Å². The fraction of sp³-hybridized carbons (Fsp3) is 0.545. The van der Waals surface area contributed by atoms with Crippen LogP contribution in [0.25, 0.3) is 0 Å². The van der Waals surface area contributed by atoms with Gasteiger partial charge in [-0.1, -0.05) is 0 Å². The van der Waals surface area contributed by atoms with Gasteiger partial charge in [0, 0.05) is 6.07 Å². The van der Waals surface area contributed by atoms with Crippen molar-refractivity contribution in [3.8, 4) is 0 Å². The van der Waals surface area contributed by atoms with E-state index in [4.69, 9.17) is 9.47 Å². The van der Waals surface area contributed by atoms with Crippen molar-refractivity contribution in [3.05, 3.63) is 16.4 Å². The van der Waals surface area contributed by atoms with Crippen LogP contribution in [0.3, 0.4) is 0 Å². The quantitative estimate of drug-likeness (QED) is 0.787. The first-order valence-corrected chi connectivity index (χ1v) is 6.36. The summed E-state index contributed by atoms with van der Waals surface area (Å²) in [7, 11) is 1.32. The number of esters is 2. The molecule has 1 aliphatic rings. The predicted molar refractivity (Wildman–Crippen MR) is 65.1 cm³/mol. The van der Waals surface area contributed by atoms with E-state index >= 15 is 0 Å². The third-order valence-corrected chi connectivity index (χ3v) is 3.25. The average molecular weight is 317 g/mol. The first-order valence-electron chi connectivity index (χ1n) is 5.56. The molecule has 1 aromatic heterocycles. The van der Waals surface area contributed by atoms with Crippen LogP contribution in [-0.2, 0) is 19.8 Å². The van der Waals surface area contributed by atoms with Gasteiger partial charge in [0.1, 0.15) is 10.3 Å². The Hall–Kier alpha value is -1.37. The van der Waals surface area contributed by atoms with Gasteiger partial charge in [-0.15, -0.1) is 0 Å². The Morgan fingerprint density at radius 2 is 2.22 bits per heavy atom. The summed E-state index contributed by atoms with van der Waals surface area (Å²) in [5.41, 5.74) is -0.588. The number of hydrogen-bond acceptors (Lipinski definition) is 5. The van der Waals surface area contributed by atoms with Gasteiger partial charge in [0.15, 0.2) is 5.54 Å². The summed E-state index contributed by atoms with van der Waals surface area (Å²) >= 11 is 3.20. The molecule has 0 radical (unpaired) electrons. The fourth-order valence-corrected chi connectivity index (χ4v) is 2.22. The zero-order valence-corrected chi connectivity index (χ0v) is 11.7. The van der Waals surface area contributed by atoms with Gasteiger partial charge in [0.05, 0.1) is 13.7 Å². The van der Waals surface area contributed by atoms with Crippen LogP contribution in [0.2, 0.25) is 0 Å². The van der Waals surface area contributed by atoms with Crippen molar-refractivity contribution in [2.24, 2.45) is 0 Å². The zero-order chi connectivity index (χ0) is 13.3. The molecule has 1 saturated carbocycles. The Morgan fingerprint density at radius 1 is 1.56 bits per heavy atom. The Morgan fingerprint density at radius 3 is 2.72 bits per heavy atom. The van der Waals surface area contributed by atoms with E-state index in [1.165, 1.54) is 11.8 Å². The maximum Gasteiger partial charge on any atom is 0.356 e. The summed E-state index contributed by atoms with van der Waals surface area (Å²) in [5, 5.41) is 4.15. The minimum Gasteiger partial charge on any atom is -0.467 e. The molecule has 18 heavy (non-hydrogen) atoms. The molecule has 2 rings (SSSR count). The number of aromatic nitrogens is 2. The van der Waals surface area contributed by atoms with Crippen LogP contribution >= 0.6 is 15.9 Å². The second-order valence-electron chi connectivity index (χ2n) is 4.01. The highest BCUT2D eigenvalue weighted by Crippen LogP contribution is 2.45. The maximum absolute atomic E-state index is 11.8. The number of rotatable bonds is 4. The molecule has 1 fully saturated rings. The van der Waals surface area contributed by atoms with Crippen molar-refractivity contribution in [1.82, 2.24) is 9.78 Å². The van der Waals surface area contributed by atoms with Gasteiger partial charge in [-0.3, -0.25) is 0 Å². The zero-order valence-electron chi connectivity index (χ0n) is 10.1. The first kappa shape index (κ1) is 13.1. The van der Waals surface area contributed by atoms with Crippen LogP contribution in [0.5, 0.6) is 0 Å². The van der Waals surface area contributed by atoms with Crippen LogP contribution in [0.4, 0.5) is 0 Å². The highest BCUT2D eigenvalue weighted by Gasteiger charge is 2.55. The van der Waals surface area contributed by atoms with Crippen molar-refractivity contribution < 1.29 is 19.1 Å². The van der Waals surface area contributed by atoms with Crippen LogP contribution < -0.4 is 0 Å². The normalized spacial score (nSPS) is 16.2. The molecule has 1 aliphatic carbocycles. The Balaban J connectivity index is 2.39. The van der Waals surface area contributed by atoms with Crippen molar-refractivity contribution in [2.45, 2.75) is 25.3 Å². The fourth-order valence-electron chi connectivity index (χ4n) is 1.84. The van der Waals surface area contributed by atoms with Gasteiger partial charge in [-0.2, -0.15) is 5.10 Å². The third kappa shape index (κ3) is 2.03. The molecule has 6 nitrogen and oxygen atoms in total. The summed E-state index contributed by atoms with van der Waals surface area (Å²) in [4.78, 5) is 23.6. The lowest BCUT2D eigenvalue weighted by Crippen LogP contribution is -2.32. The third-order valence-electron chi connectivity index (χ3n) is 2.86. The van der Waals surface area contributed by atoms with Crippen molar-refractivity contribution >= 4 is 27.9 Å². The molecule has 0 spiro atoms. The van der Waals surface area contributed by atoms with Crippen molar-refractivity contribution in [3.63, 3.8) is 0 Å². The molecular weight excluding hydrogens is 304 g/mol. The summed E-state index contributed by atoms with van der Waals surface area (Å²) < 4.78 is 11.6. The molecule has 7 heteroatoms. The lowest BCUT2D eigenvalue weighted by molar-refractivity contribution is -0.146. The standard InChI is InChI=1S/C11H13BrN2O4/c1-3-18-9(15)7-6-8(12)13-14(7)11(4-5-11)10(16)17-2/h6H,3-5H2,1-2H3. The lowest BCUT2D eigenvalue weighted by Gasteiger charge is -2.15. The molecule has 98 valence electrons. The van der Waals surface area contributed by atoms with E-state index < -0.39 is 11.5 Å². The van der Waals surface area contributed by atoms with E-state index in [2.05, 4.69) is 21.0 Å². The number of hydrogen-bond donors (Lipinski definition) is 0. The van der Waals surface area contributed by atoms with Crippen molar-refractivity contribution in [1.29, 1.82) is 0 Å². The largest absolute Gasteiger partial charge is 0.467 e. The monoisotopic (exact) mass is 316 g/mol. The molecule has 0 saturated heterocycles. The van der Waals surface area contributed by atoms with Gasteiger partial charge in [-0.05, 0) is 35.7 Å². The van der Waals surface area contributed by atoms with E-state index in [1.807, 2.05) is 0 Å². The lowest BCUT2D eigenvalue weighted by atomic mass is 10.2. The number of nitrogens with zero attached hydrogens (tertiary/aromatic N) is 2. The summed E-state index contributed by atoms with van der Waals surface area (Å²) in [6.45, 7) is 1.99. The van der Waals surface area contributed by atoms with Gasteiger partial charge < -0.3 is 9.47 Å². The van der Waals surface area contributed by atoms with Gasteiger partial charge >= 0.3 is 11.9 Å². The number of carbonyl (C=O) groups excluding carboxylic acids is 2. The summed E-state index contributed by atoms with van der Waals surface area (Å²) in [6.07, 6.45) is 1.22. The van der Waals surface area contributed by atoms with E-state index in [0.29, 0.717) is 17.4 Å². The number of methoxy groups -OCH3 is 1. The second-order valence-corrected chi connectivity index (χ2v) is 4.82. The van der Waals surface area contributed by atoms with Crippen LogP contribution in [0.15, 0.2) is 10.7 Å². The highest BCUT2D eigenvalue weighted by molar-refractivity contribution is 9.10. The molecule has 0 aromatic carbocycles. The first-order chi connectivity index (χ1) is 8.55. The van der Waals surface area contributed by atoms with Gasteiger partial charge in [0.2, 0.25) is 0 Å². The molecule has 0 aliphatic heterocycles. The number of halogens is 1. The van der Waals surface area contributed by atoms with Gasteiger partial charge in [0.25, 0.3) is 0 Å². The Bertz CT molecular complexity index is 493. The minimum absolute atomic E-state index is 0.256. The van der Waals surface area contributed by atoms with E-state index in [-0.39, 0.29) is 18.3 Å². The molecule has 0 N–H and O–H groups in total. The Labute approximate surface area is 112 Å². The summed E-state index contributed by atoms with van der Waals surface area (Å²) in [5.74, 6) is -0.880. The number of carbonyl (C=O) groups is 2.